The third-order valence-corrected chi connectivity index (χ3v) is 3.67. The summed E-state index contributed by atoms with van der Waals surface area (Å²) in [7, 11) is 0. The summed E-state index contributed by atoms with van der Waals surface area (Å²) in [5.74, 6) is 0.720. The molecule has 0 amide bonds. The molecule has 1 aromatic carbocycles. The van der Waals surface area contributed by atoms with E-state index in [9.17, 15) is 5.11 Å². The Bertz CT molecular complexity index is 714. The first kappa shape index (κ1) is 13.3. The van der Waals surface area contributed by atoms with Gasteiger partial charge in [0.2, 0.25) is 0 Å². The molecule has 20 heavy (non-hydrogen) atoms. The zero-order chi connectivity index (χ0) is 13.9. The zero-order valence-corrected chi connectivity index (χ0v) is 12.7. The summed E-state index contributed by atoms with van der Waals surface area (Å²) in [4.78, 5) is 11.6. The van der Waals surface area contributed by atoms with Crippen molar-refractivity contribution in [1.29, 1.82) is 0 Å². The number of nitrogens with one attached hydrogen (secondary N) is 2. The highest BCUT2D eigenvalue weighted by atomic mass is 127. The number of aromatic nitrogens is 3. The number of hydrogen-bond donors (Lipinski definition) is 3. The maximum Gasteiger partial charge on any atom is 0.143 e. The summed E-state index contributed by atoms with van der Waals surface area (Å²) in [6.07, 6.45) is 1.51. The van der Waals surface area contributed by atoms with Crippen LogP contribution in [0.25, 0.3) is 11.0 Å². The number of hydrogen-bond acceptors (Lipinski definition) is 4. The van der Waals surface area contributed by atoms with E-state index >= 15 is 0 Å². The summed E-state index contributed by atoms with van der Waals surface area (Å²) >= 11 is 2.20. The van der Waals surface area contributed by atoms with Crippen LogP contribution in [-0.4, -0.2) is 26.7 Å². The Morgan fingerprint density at radius 1 is 1.25 bits per heavy atom. The van der Waals surface area contributed by atoms with E-state index in [0.29, 0.717) is 0 Å². The van der Waals surface area contributed by atoms with E-state index in [2.05, 4.69) is 42.9 Å². The van der Waals surface area contributed by atoms with E-state index < -0.39 is 0 Å². The van der Waals surface area contributed by atoms with Crippen LogP contribution in [-0.2, 0) is 0 Å². The summed E-state index contributed by atoms with van der Waals surface area (Å²) in [5.41, 5.74) is 1.81. The fourth-order valence-electron chi connectivity index (χ4n) is 2.11. The molecular weight excluding hydrogens is 367 g/mol. The van der Waals surface area contributed by atoms with Crippen molar-refractivity contribution in [3.05, 3.63) is 52.0 Å². The number of aliphatic hydroxyl groups is 1. The Labute approximate surface area is 129 Å². The van der Waals surface area contributed by atoms with Crippen molar-refractivity contribution in [2.45, 2.75) is 6.04 Å². The summed E-state index contributed by atoms with van der Waals surface area (Å²) in [6.45, 7) is -0.00295. The minimum atomic E-state index is -0.193. The predicted octanol–water partition coefficient (Wildman–Crippen LogP) is 2.71. The quantitative estimate of drug-likeness (QED) is 0.609. The maximum atomic E-state index is 9.60. The van der Waals surface area contributed by atoms with Crippen molar-refractivity contribution in [2.24, 2.45) is 0 Å². The smallest absolute Gasteiger partial charge is 0.143 e. The molecule has 6 heteroatoms. The number of benzene rings is 1. The molecule has 2 aromatic heterocycles. The first-order chi connectivity index (χ1) is 9.78. The van der Waals surface area contributed by atoms with E-state index in [4.69, 9.17) is 0 Å². The highest BCUT2D eigenvalue weighted by molar-refractivity contribution is 14.1. The average molecular weight is 380 g/mol. The molecule has 0 aliphatic heterocycles. The number of fused-ring (bicyclic) bond motifs is 1. The molecule has 3 rings (SSSR count). The summed E-state index contributed by atoms with van der Waals surface area (Å²) in [6, 6.07) is 11.6. The number of rotatable bonds is 4. The second-order valence-corrected chi connectivity index (χ2v) is 5.55. The van der Waals surface area contributed by atoms with Gasteiger partial charge in [0.25, 0.3) is 0 Å². The Kier molecular flexibility index (Phi) is 3.83. The maximum absolute atomic E-state index is 9.60. The van der Waals surface area contributed by atoms with Crippen molar-refractivity contribution in [3.63, 3.8) is 0 Å². The van der Waals surface area contributed by atoms with Gasteiger partial charge in [-0.25, -0.2) is 9.97 Å². The molecule has 3 N–H and O–H groups in total. The van der Waals surface area contributed by atoms with Crippen LogP contribution in [0.5, 0.6) is 0 Å². The molecule has 3 aromatic rings. The van der Waals surface area contributed by atoms with E-state index in [1.54, 1.807) is 0 Å². The van der Waals surface area contributed by atoms with Gasteiger partial charge in [0.05, 0.1) is 21.7 Å². The summed E-state index contributed by atoms with van der Waals surface area (Å²) in [5, 5.41) is 13.8. The van der Waals surface area contributed by atoms with Gasteiger partial charge in [0.1, 0.15) is 17.8 Å². The van der Waals surface area contributed by atoms with Crippen LogP contribution in [0, 0.1) is 3.70 Å². The normalized spacial score (nSPS) is 12.5. The molecule has 0 aliphatic carbocycles. The summed E-state index contributed by atoms with van der Waals surface area (Å²) < 4.78 is 1.00. The minimum absolute atomic E-state index is 0.00295. The Morgan fingerprint density at radius 2 is 2.05 bits per heavy atom. The van der Waals surface area contributed by atoms with Gasteiger partial charge >= 0.3 is 0 Å². The second kappa shape index (κ2) is 5.76. The first-order valence-corrected chi connectivity index (χ1v) is 7.27. The molecule has 0 radical (unpaired) electrons. The lowest BCUT2D eigenvalue weighted by molar-refractivity contribution is 0.276. The average Bonchev–Trinajstić information content (AvgIpc) is 2.86. The molecule has 1 atom stereocenters. The monoisotopic (exact) mass is 380 g/mol. The molecule has 0 saturated heterocycles. The highest BCUT2D eigenvalue weighted by Crippen LogP contribution is 2.25. The van der Waals surface area contributed by atoms with Gasteiger partial charge in [-0.15, -0.1) is 0 Å². The van der Waals surface area contributed by atoms with Crippen LogP contribution >= 0.6 is 22.6 Å². The molecular formula is C14H13IN4O. The minimum Gasteiger partial charge on any atom is -0.394 e. The zero-order valence-electron chi connectivity index (χ0n) is 10.5. The van der Waals surface area contributed by atoms with Crippen molar-refractivity contribution in [3.8, 4) is 0 Å². The Morgan fingerprint density at radius 3 is 2.80 bits per heavy atom. The lowest BCUT2D eigenvalue weighted by Crippen LogP contribution is -2.15. The van der Waals surface area contributed by atoms with Gasteiger partial charge in [-0.1, -0.05) is 30.3 Å². The molecule has 0 saturated carbocycles. The molecule has 0 aliphatic rings. The SMILES string of the molecule is OC[C@@H](Nc1ncnc2[nH]c(I)cc12)c1ccccc1. The van der Waals surface area contributed by atoms with Gasteiger partial charge < -0.3 is 15.4 Å². The number of aliphatic hydroxyl groups excluding tert-OH is 1. The van der Waals surface area contributed by atoms with Crippen LogP contribution in [0.4, 0.5) is 5.82 Å². The van der Waals surface area contributed by atoms with Crippen molar-refractivity contribution >= 4 is 39.4 Å². The Hall–Kier alpha value is -1.67. The number of halogens is 1. The van der Waals surface area contributed by atoms with Gasteiger partial charge in [-0.05, 0) is 34.2 Å². The van der Waals surface area contributed by atoms with Crippen LogP contribution in [0.2, 0.25) is 0 Å². The van der Waals surface area contributed by atoms with E-state index in [1.165, 1.54) is 6.33 Å². The lowest BCUT2D eigenvalue weighted by atomic mass is 10.1. The van der Waals surface area contributed by atoms with Gasteiger partial charge in [-0.3, -0.25) is 0 Å². The third kappa shape index (κ3) is 2.61. The Balaban J connectivity index is 1.95. The van der Waals surface area contributed by atoms with Crippen LogP contribution in [0.1, 0.15) is 11.6 Å². The predicted molar refractivity (Wildman–Crippen MR) is 86.5 cm³/mol. The third-order valence-electron chi connectivity index (χ3n) is 3.09. The molecule has 0 spiro atoms. The van der Waals surface area contributed by atoms with Crippen molar-refractivity contribution in [2.75, 3.05) is 11.9 Å². The molecule has 0 bridgehead atoms. The number of nitrogens with zero attached hydrogens (tertiary/aromatic N) is 2. The molecule has 2 heterocycles. The van der Waals surface area contributed by atoms with E-state index in [1.807, 2.05) is 36.4 Å². The lowest BCUT2D eigenvalue weighted by Gasteiger charge is -2.17. The van der Waals surface area contributed by atoms with Crippen molar-refractivity contribution in [1.82, 2.24) is 15.0 Å². The molecule has 5 nitrogen and oxygen atoms in total. The number of H-pyrrole nitrogens is 1. The van der Waals surface area contributed by atoms with Crippen molar-refractivity contribution < 1.29 is 5.11 Å². The number of aromatic amines is 1. The topological polar surface area (TPSA) is 73.8 Å². The van der Waals surface area contributed by atoms with Gasteiger partial charge in [0, 0.05) is 0 Å². The van der Waals surface area contributed by atoms with Crippen LogP contribution < -0.4 is 5.32 Å². The first-order valence-electron chi connectivity index (χ1n) is 6.19. The molecule has 0 fully saturated rings. The molecule has 102 valence electrons. The second-order valence-electron chi connectivity index (χ2n) is 4.39. The standard InChI is InChI=1S/C14H13IN4O/c15-12-6-10-13(16-8-17-14(10)19-12)18-11(7-20)9-4-2-1-3-5-9/h1-6,8,11,20H,7H2,(H2,16,17,18,19)/t11-/m1/s1. The van der Waals surface area contributed by atoms with Crippen LogP contribution in [0.3, 0.4) is 0 Å². The van der Waals surface area contributed by atoms with Gasteiger partial charge in [0.15, 0.2) is 0 Å². The number of anilines is 1. The van der Waals surface area contributed by atoms with E-state index in [0.717, 1.165) is 26.1 Å². The fourth-order valence-corrected chi connectivity index (χ4v) is 2.67. The fraction of sp³-hybridized carbons (Fsp3) is 0.143. The van der Waals surface area contributed by atoms with Crippen LogP contribution in [0.15, 0.2) is 42.7 Å². The van der Waals surface area contributed by atoms with E-state index in [-0.39, 0.29) is 12.6 Å². The molecule has 0 unspecified atom stereocenters. The van der Waals surface area contributed by atoms with Gasteiger partial charge in [-0.2, -0.15) is 0 Å². The largest absolute Gasteiger partial charge is 0.394 e. The highest BCUT2D eigenvalue weighted by Gasteiger charge is 2.13.